The first-order valence-corrected chi connectivity index (χ1v) is 10.2. The smallest absolute Gasteiger partial charge is 0.323 e. The summed E-state index contributed by atoms with van der Waals surface area (Å²) in [6.07, 6.45) is 13.5. The summed E-state index contributed by atoms with van der Waals surface area (Å²) >= 11 is 0. The van der Waals surface area contributed by atoms with Crippen LogP contribution < -0.4 is 5.73 Å². The summed E-state index contributed by atoms with van der Waals surface area (Å²) in [5, 5.41) is 0. The molecule has 25 heavy (non-hydrogen) atoms. The average molecular weight is 358 g/mol. The molecule has 0 amide bonds. The second-order valence-electron chi connectivity index (χ2n) is 6.73. The molecule has 0 saturated heterocycles. The molecule has 0 heterocycles. The minimum absolute atomic E-state index is 0.106. The number of carbonyl (C=O) groups excluding carboxylic acids is 2. The molecule has 0 aromatic rings. The van der Waals surface area contributed by atoms with Gasteiger partial charge in [-0.2, -0.15) is 0 Å². The third-order valence-corrected chi connectivity index (χ3v) is 4.19. The fourth-order valence-electron chi connectivity index (χ4n) is 2.55. The molecule has 2 N–H and O–H groups in total. The minimum Gasteiger partial charge on any atom is -0.466 e. The number of hydrogen-bond donors (Lipinski definition) is 1. The number of esters is 2. The molecule has 0 radical (unpaired) electrons. The van der Waals surface area contributed by atoms with Crippen LogP contribution in [0, 0.1) is 0 Å². The Labute approximate surface area is 154 Å². The standard InChI is InChI=1S/C20H39NO4/c1-3-5-7-9-11-13-15-24-19(22)17-18(21)20(23)25-16-14-12-10-8-6-4-2/h18H,3-17,21H2,1-2H3. The van der Waals surface area contributed by atoms with E-state index in [-0.39, 0.29) is 6.42 Å². The molecule has 0 rings (SSSR count). The summed E-state index contributed by atoms with van der Waals surface area (Å²) in [7, 11) is 0. The SMILES string of the molecule is CCCCCCCCOC(=O)CC(N)C(=O)OCCCCCCCC. The molecule has 0 fully saturated rings. The van der Waals surface area contributed by atoms with Gasteiger partial charge in [-0.1, -0.05) is 78.1 Å². The summed E-state index contributed by atoms with van der Waals surface area (Å²) in [6.45, 7) is 5.15. The lowest BCUT2D eigenvalue weighted by Crippen LogP contribution is -2.35. The molecular weight excluding hydrogens is 318 g/mol. The van der Waals surface area contributed by atoms with E-state index in [9.17, 15) is 9.59 Å². The average Bonchev–Trinajstić information content (AvgIpc) is 2.59. The second kappa shape index (κ2) is 17.7. The van der Waals surface area contributed by atoms with Crippen LogP contribution in [0.25, 0.3) is 0 Å². The third-order valence-electron chi connectivity index (χ3n) is 4.19. The van der Waals surface area contributed by atoms with Gasteiger partial charge >= 0.3 is 11.9 Å². The lowest BCUT2D eigenvalue weighted by atomic mass is 10.1. The van der Waals surface area contributed by atoms with Gasteiger partial charge in [0.15, 0.2) is 0 Å². The number of unbranched alkanes of at least 4 members (excludes halogenated alkanes) is 10. The highest BCUT2D eigenvalue weighted by molar-refractivity contribution is 5.82. The van der Waals surface area contributed by atoms with Gasteiger partial charge in [-0.05, 0) is 12.8 Å². The van der Waals surface area contributed by atoms with Crippen molar-refractivity contribution in [3.8, 4) is 0 Å². The second-order valence-corrected chi connectivity index (χ2v) is 6.73. The van der Waals surface area contributed by atoms with Crippen molar-refractivity contribution >= 4 is 11.9 Å². The van der Waals surface area contributed by atoms with E-state index < -0.39 is 18.0 Å². The molecule has 1 atom stereocenters. The predicted molar refractivity (Wildman–Crippen MR) is 101 cm³/mol. The molecule has 148 valence electrons. The van der Waals surface area contributed by atoms with Crippen molar-refractivity contribution in [2.24, 2.45) is 5.73 Å². The van der Waals surface area contributed by atoms with Crippen molar-refractivity contribution in [1.29, 1.82) is 0 Å². The quantitative estimate of drug-likeness (QED) is 0.306. The number of carbonyl (C=O) groups is 2. The van der Waals surface area contributed by atoms with Crippen molar-refractivity contribution < 1.29 is 19.1 Å². The van der Waals surface area contributed by atoms with Crippen molar-refractivity contribution in [3.05, 3.63) is 0 Å². The Hall–Kier alpha value is -1.10. The molecular formula is C20H39NO4. The molecule has 5 heteroatoms. The van der Waals surface area contributed by atoms with E-state index in [2.05, 4.69) is 13.8 Å². The number of ether oxygens (including phenoxy) is 2. The van der Waals surface area contributed by atoms with Crippen LogP contribution in [0.4, 0.5) is 0 Å². The Balaban J connectivity index is 3.56. The first-order valence-electron chi connectivity index (χ1n) is 10.2. The lowest BCUT2D eigenvalue weighted by Gasteiger charge is -2.11. The third kappa shape index (κ3) is 16.1. The van der Waals surface area contributed by atoms with Crippen LogP contribution in [-0.4, -0.2) is 31.2 Å². The number of rotatable bonds is 17. The summed E-state index contributed by atoms with van der Waals surface area (Å²) in [5.41, 5.74) is 5.71. The minimum atomic E-state index is -0.919. The maximum absolute atomic E-state index is 11.7. The van der Waals surface area contributed by atoms with Gasteiger partial charge in [-0.15, -0.1) is 0 Å². The van der Waals surface area contributed by atoms with Gasteiger partial charge in [0, 0.05) is 0 Å². The molecule has 0 spiro atoms. The highest BCUT2D eigenvalue weighted by atomic mass is 16.5. The fraction of sp³-hybridized carbons (Fsp3) is 0.900. The van der Waals surface area contributed by atoms with Gasteiger partial charge in [-0.25, -0.2) is 0 Å². The van der Waals surface area contributed by atoms with Crippen LogP contribution in [0.5, 0.6) is 0 Å². The summed E-state index contributed by atoms with van der Waals surface area (Å²) in [5.74, 6) is -0.928. The van der Waals surface area contributed by atoms with Gasteiger partial charge in [0.2, 0.25) is 0 Å². The fourth-order valence-corrected chi connectivity index (χ4v) is 2.55. The van der Waals surface area contributed by atoms with E-state index in [1.165, 1.54) is 51.4 Å². The Morgan fingerprint density at radius 1 is 0.720 bits per heavy atom. The van der Waals surface area contributed by atoms with Crippen LogP contribution in [0.2, 0.25) is 0 Å². The zero-order valence-electron chi connectivity index (χ0n) is 16.4. The Morgan fingerprint density at radius 3 is 1.68 bits per heavy atom. The normalized spacial score (nSPS) is 12.0. The van der Waals surface area contributed by atoms with Crippen LogP contribution in [-0.2, 0) is 19.1 Å². The van der Waals surface area contributed by atoms with E-state index in [1.54, 1.807) is 0 Å². The van der Waals surface area contributed by atoms with Crippen LogP contribution >= 0.6 is 0 Å². The monoisotopic (exact) mass is 357 g/mol. The van der Waals surface area contributed by atoms with Gasteiger partial charge in [-0.3, -0.25) is 9.59 Å². The van der Waals surface area contributed by atoms with Gasteiger partial charge < -0.3 is 15.2 Å². The first kappa shape index (κ1) is 23.9. The first-order chi connectivity index (χ1) is 12.1. The van der Waals surface area contributed by atoms with Crippen LogP contribution in [0.15, 0.2) is 0 Å². The molecule has 1 unspecified atom stereocenters. The number of nitrogens with two attached hydrogens (primary N) is 1. The van der Waals surface area contributed by atoms with E-state index in [0.29, 0.717) is 13.2 Å². The van der Waals surface area contributed by atoms with E-state index >= 15 is 0 Å². The molecule has 0 aliphatic heterocycles. The molecule has 0 aromatic heterocycles. The summed E-state index contributed by atoms with van der Waals surface area (Å²) in [6, 6.07) is -0.919. The maximum atomic E-state index is 11.7. The Morgan fingerprint density at radius 2 is 1.16 bits per heavy atom. The van der Waals surface area contributed by atoms with Crippen molar-refractivity contribution in [2.45, 2.75) is 103 Å². The molecule has 0 aliphatic carbocycles. The van der Waals surface area contributed by atoms with Crippen LogP contribution in [0.3, 0.4) is 0 Å². The zero-order valence-corrected chi connectivity index (χ0v) is 16.4. The highest BCUT2D eigenvalue weighted by Crippen LogP contribution is 2.07. The number of hydrogen-bond acceptors (Lipinski definition) is 5. The van der Waals surface area contributed by atoms with E-state index in [4.69, 9.17) is 15.2 Å². The predicted octanol–water partition coefficient (Wildman–Crippen LogP) is 4.51. The van der Waals surface area contributed by atoms with Crippen molar-refractivity contribution in [1.82, 2.24) is 0 Å². The molecule has 0 bridgehead atoms. The van der Waals surface area contributed by atoms with Crippen LogP contribution in [0.1, 0.15) is 97.3 Å². The maximum Gasteiger partial charge on any atom is 0.323 e. The molecule has 0 saturated carbocycles. The zero-order chi connectivity index (χ0) is 18.8. The molecule has 5 nitrogen and oxygen atoms in total. The van der Waals surface area contributed by atoms with Crippen molar-refractivity contribution in [3.63, 3.8) is 0 Å². The topological polar surface area (TPSA) is 78.6 Å². The van der Waals surface area contributed by atoms with Gasteiger partial charge in [0.05, 0.1) is 19.6 Å². The van der Waals surface area contributed by atoms with Gasteiger partial charge in [0.1, 0.15) is 6.04 Å². The Kier molecular flexibility index (Phi) is 16.9. The van der Waals surface area contributed by atoms with E-state index in [1.807, 2.05) is 0 Å². The van der Waals surface area contributed by atoms with E-state index in [0.717, 1.165) is 25.7 Å². The summed E-state index contributed by atoms with van der Waals surface area (Å²) < 4.78 is 10.2. The largest absolute Gasteiger partial charge is 0.466 e. The lowest BCUT2D eigenvalue weighted by molar-refractivity contribution is -0.152. The summed E-state index contributed by atoms with van der Waals surface area (Å²) in [4.78, 5) is 23.4. The molecule has 0 aliphatic rings. The van der Waals surface area contributed by atoms with Crippen molar-refractivity contribution in [2.75, 3.05) is 13.2 Å². The molecule has 0 aromatic carbocycles. The van der Waals surface area contributed by atoms with Gasteiger partial charge in [0.25, 0.3) is 0 Å². The Bertz CT molecular complexity index is 334. The highest BCUT2D eigenvalue weighted by Gasteiger charge is 2.19.